The van der Waals surface area contributed by atoms with Gasteiger partial charge in [0.1, 0.15) is 10.8 Å². The van der Waals surface area contributed by atoms with Crippen LogP contribution in [-0.4, -0.2) is 15.4 Å². The second kappa shape index (κ2) is 5.88. The Hall–Kier alpha value is -1.14. The number of aromatic nitrogens is 2. The smallest absolute Gasteiger partial charge is 0.148 e. The third-order valence-electron chi connectivity index (χ3n) is 2.80. The summed E-state index contributed by atoms with van der Waals surface area (Å²) in [5.74, 6) is 1.23. The summed E-state index contributed by atoms with van der Waals surface area (Å²) in [5, 5.41) is 7.61. The van der Waals surface area contributed by atoms with E-state index in [2.05, 4.69) is 35.4 Å². The molecule has 104 valence electrons. The number of aryl methyl sites for hydroxylation is 1. The van der Waals surface area contributed by atoms with E-state index in [0.717, 1.165) is 27.7 Å². The molecule has 4 nitrogen and oxygen atoms in total. The molecule has 0 bridgehead atoms. The SMILES string of the molecule is Cc1nc(-c2c(N)nsc2NC(C)CC(C)C)cs1. The lowest BCUT2D eigenvalue weighted by Gasteiger charge is -2.16. The van der Waals surface area contributed by atoms with Crippen LogP contribution in [0.1, 0.15) is 32.2 Å². The Labute approximate surface area is 122 Å². The highest BCUT2D eigenvalue weighted by Gasteiger charge is 2.17. The minimum atomic E-state index is 0.401. The molecule has 0 aliphatic carbocycles. The van der Waals surface area contributed by atoms with Crippen LogP contribution in [0.2, 0.25) is 0 Å². The molecule has 0 fully saturated rings. The quantitative estimate of drug-likeness (QED) is 0.875. The molecular formula is C13H20N4S2. The third kappa shape index (κ3) is 3.45. The third-order valence-corrected chi connectivity index (χ3v) is 4.36. The van der Waals surface area contributed by atoms with E-state index in [1.54, 1.807) is 11.3 Å². The molecule has 2 rings (SSSR count). The van der Waals surface area contributed by atoms with E-state index in [-0.39, 0.29) is 0 Å². The van der Waals surface area contributed by atoms with Crippen LogP contribution in [0.5, 0.6) is 0 Å². The van der Waals surface area contributed by atoms with Crippen LogP contribution in [0, 0.1) is 12.8 Å². The Morgan fingerprint density at radius 3 is 2.68 bits per heavy atom. The largest absolute Gasteiger partial charge is 0.382 e. The summed E-state index contributed by atoms with van der Waals surface area (Å²) in [4.78, 5) is 4.51. The van der Waals surface area contributed by atoms with Crippen molar-refractivity contribution in [3.05, 3.63) is 10.4 Å². The molecular weight excluding hydrogens is 276 g/mol. The molecule has 2 aromatic rings. The molecule has 2 heterocycles. The Morgan fingerprint density at radius 2 is 2.11 bits per heavy atom. The van der Waals surface area contributed by atoms with E-state index < -0.39 is 0 Å². The highest BCUT2D eigenvalue weighted by atomic mass is 32.1. The first kappa shape index (κ1) is 14.3. The molecule has 6 heteroatoms. The summed E-state index contributed by atoms with van der Waals surface area (Å²) in [6.07, 6.45) is 1.12. The zero-order valence-corrected chi connectivity index (χ0v) is 13.4. The van der Waals surface area contributed by atoms with Crippen LogP contribution >= 0.6 is 22.9 Å². The van der Waals surface area contributed by atoms with Gasteiger partial charge in [-0.3, -0.25) is 0 Å². The number of nitrogens with two attached hydrogens (primary N) is 1. The number of hydrogen-bond donors (Lipinski definition) is 2. The fourth-order valence-corrected chi connectivity index (χ4v) is 3.56. The molecule has 3 N–H and O–H groups in total. The van der Waals surface area contributed by atoms with E-state index in [4.69, 9.17) is 5.73 Å². The van der Waals surface area contributed by atoms with E-state index in [1.165, 1.54) is 11.5 Å². The van der Waals surface area contributed by atoms with Crippen molar-refractivity contribution in [2.75, 3.05) is 11.1 Å². The number of rotatable bonds is 5. The summed E-state index contributed by atoms with van der Waals surface area (Å²) < 4.78 is 4.26. The minimum Gasteiger partial charge on any atom is -0.382 e. The normalized spacial score (nSPS) is 12.9. The predicted octanol–water partition coefficient (Wildman–Crippen LogP) is 4.00. The van der Waals surface area contributed by atoms with Crippen molar-refractivity contribution in [1.29, 1.82) is 0 Å². The number of nitrogens with zero attached hydrogens (tertiary/aromatic N) is 2. The van der Waals surface area contributed by atoms with Gasteiger partial charge in [-0.2, -0.15) is 4.37 Å². The van der Waals surface area contributed by atoms with Gasteiger partial charge in [-0.05, 0) is 37.7 Å². The number of hydrogen-bond acceptors (Lipinski definition) is 6. The maximum Gasteiger partial charge on any atom is 0.148 e. The Balaban J connectivity index is 2.23. The fourth-order valence-electron chi connectivity index (χ4n) is 2.12. The summed E-state index contributed by atoms with van der Waals surface area (Å²) in [5.41, 5.74) is 7.86. The highest BCUT2D eigenvalue weighted by molar-refractivity contribution is 7.11. The van der Waals surface area contributed by atoms with Gasteiger partial charge in [-0.15, -0.1) is 11.3 Å². The molecule has 0 saturated heterocycles. The van der Waals surface area contributed by atoms with E-state index >= 15 is 0 Å². The lowest BCUT2D eigenvalue weighted by Crippen LogP contribution is -2.17. The van der Waals surface area contributed by atoms with Crippen molar-refractivity contribution in [3.8, 4) is 11.3 Å². The van der Waals surface area contributed by atoms with Gasteiger partial charge in [0, 0.05) is 11.4 Å². The fraction of sp³-hybridized carbons (Fsp3) is 0.538. The molecule has 0 saturated carbocycles. The number of thiazole rings is 1. The monoisotopic (exact) mass is 296 g/mol. The number of nitrogen functional groups attached to an aromatic ring is 1. The van der Waals surface area contributed by atoms with Gasteiger partial charge < -0.3 is 11.1 Å². The standard InChI is InChI=1S/C13H20N4S2/c1-7(2)5-8(3)15-13-11(12(14)17-19-13)10-6-18-9(4)16-10/h6-8,15H,5H2,1-4H3,(H2,14,17). The van der Waals surface area contributed by atoms with Gasteiger partial charge in [0.2, 0.25) is 0 Å². The first-order chi connectivity index (χ1) is 8.97. The van der Waals surface area contributed by atoms with E-state index in [1.807, 2.05) is 12.3 Å². The van der Waals surface area contributed by atoms with E-state index in [0.29, 0.717) is 17.8 Å². The van der Waals surface area contributed by atoms with Crippen molar-refractivity contribution in [2.24, 2.45) is 5.92 Å². The van der Waals surface area contributed by atoms with Gasteiger partial charge in [0.15, 0.2) is 0 Å². The average molecular weight is 296 g/mol. The zero-order valence-electron chi connectivity index (χ0n) is 11.7. The molecule has 0 spiro atoms. The molecule has 1 atom stereocenters. The molecule has 19 heavy (non-hydrogen) atoms. The molecule has 0 radical (unpaired) electrons. The van der Waals surface area contributed by atoms with Crippen LogP contribution in [0.4, 0.5) is 10.8 Å². The van der Waals surface area contributed by atoms with Crippen molar-refractivity contribution >= 4 is 33.7 Å². The molecule has 2 aromatic heterocycles. The first-order valence-electron chi connectivity index (χ1n) is 6.41. The highest BCUT2D eigenvalue weighted by Crippen LogP contribution is 2.37. The molecule has 1 unspecified atom stereocenters. The van der Waals surface area contributed by atoms with Crippen molar-refractivity contribution in [3.63, 3.8) is 0 Å². The van der Waals surface area contributed by atoms with Crippen molar-refractivity contribution in [1.82, 2.24) is 9.36 Å². The van der Waals surface area contributed by atoms with Crippen LogP contribution in [0.3, 0.4) is 0 Å². The maximum absolute atomic E-state index is 5.98. The summed E-state index contributed by atoms with van der Waals surface area (Å²) >= 11 is 3.05. The average Bonchev–Trinajstić information content (AvgIpc) is 2.84. The summed E-state index contributed by atoms with van der Waals surface area (Å²) in [6, 6.07) is 0.401. The molecule has 0 amide bonds. The second-order valence-electron chi connectivity index (χ2n) is 5.20. The van der Waals surface area contributed by atoms with Gasteiger partial charge in [-0.25, -0.2) is 4.98 Å². The van der Waals surface area contributed by atoms with Gasteiger partial charge in [0.05, 0.1) is 16.3 Å². The summed E-state index contributed by atoms with van der Waals surface area (Å²) in [6.45, 7) is 8.64. The maximum atomic E-state index is 5.98. The van der Waals surface area contributed by atoms with Crippen LogP contribution in [0.25, 0.3) is 11.3 Å². The molecule has 0 aromatic carbocycles. The van der Waals surface area contributed by atoms with Crippen LogP contribution in [0.15, 0.2) is 5.38 Å². The van der Waals surface area contributed by atoms with Gasteiger partial charge >= 0.3 is 0 Å². The zero-order chi connectivity index (χ0) is 14.0. The van der Waals surface area contributed by atoms with E-state index in [9.17, 15) is 0 Å². The van der Waals surface area contributed by atoms with Crippen molar-refractivity contribution in [2.45, 2.75) is 40.2 Å². The lowest BCUT2D eigenvalue weighted by atomic mass is 10.1. The topological polar surface area (TPSA) is 63.8 Å². The predicted molar refractivity (Wildman–Crippen MR) is 84.9 cm³/mol. The van der Waals surface area contributed by atoms with Gasteiger partial charge in [0.25, 0.3) is 0 Å². The lowest BCUT2D eigenvalue weighted by molar-refractivity contribution is 0.540. The molecule has 0 aliphatic rings. The molecule has 0 aliphatic heterocycles. The van der Waals surface area contributed by atoms with Crippen LogP contribution < -0.4 is 11.1 Å². The summed E-state index contributed by atoms with van der Waals surface area (Å²) in [7, 11) is 0. The second-order valence-corrected chi connectivity index (χ2v) is 7.03. The Bertz CT molecular complexity index is 545. The first-order valence-corrected chi connectivity index (χ1v) is 8.06. The number of anilines is 2. The van der Waals surface area contributed by atoms with Gasteiger partial charge in [-0.1, -0.05) is 13.8 Å². The minimum absolute atomic E-state index is 0.401. The number of nitrogens with one attached hydrogen (secondary N) is 1. The van der Waals surface area contributed by atoms with Crippen molar-refractivity contribution < 1.29 is 0 Å². The Kier molecular flexibility index (Phi) is 4.42. The Morgan fingerprint density at radius 1 is 1.37 bits per heavy atom. The van der Waals surface area contributed by atoms with Crippen LogP contribution in [-0.2, 0) is 0 Å².